The van der Waals surface area contributed by atoms with Gasteiger partial charge in [0.25, 0.3) is 5.01 Å². The van der Waals surface area contributed by atoms with Crippen LogP contribution in [0.5, 0.6) is 0 Å². The van der Waals surface area contributed by atoms with Gasteiger partial charge in [0.05, 0.1) is 21.8 Å². The average molecular weight is 711 g/mol. The molecule has 9 rings (SSSR count). The van der Waals surface area contributed by atoms with Gasteiger partial charge >= 0.3 is 0 Å². The summed E-state index contributed by atoms with van der Waals surface area (Å²) in [7, 11) is 0. The first-order valence-corrected chi connectivity index (χ1v) is 19.9. The van der Waals surface area contributed by atoms with Crippen LogP contribution in [-0.2, 0) is 6.54 Å². The largest absolute Gasteiger partial charge is 0.335 e. The maximum Gasteiger partial charge on any atom is 0.262 e. The molecule has 3 nitrogen and oxygen atoms in total. The van der Waals surface area contributed by atoms with Crippen molar-refractivity contribution in [1.29, 1.82) is 0 Å². The zero-order valence-electron chi connectivity index (χ0n) is 29.5. The van der Waals surface area contributed by atoms with Crippen LogP contribution in [0.4, 0.5) is 17.1 Å². The monoisotopic (exact) mass is 710 g/mol. The van der Waals surface area contributed by atoms with Crippen LogP contribution in [0, 0.1) is 0 Å². The van der Waals surface area contributed by atoms with Gasteiger partial charge in [-0.1, -0.05) is 120 Å². The first kappa shape index (κ1) is 32.5. The lowest BCUT2D eigenvalue weighted by atomic mass is 10.1. The third kappa shape index (κ3) is 5.75. The Morgan fingerprint density at radius 3 is 2.04 bits per heavy atom. The molecule has 1 aliphatic carbocycles. The number of allylic oxidation sites excluding steroid dienone is 5. The number of fused-ring (bicyclic) bond motifs is 6. The number of thiazole rings is 1. The number of aryl methyl sites for hydroxylation is 1. The molecular weight excluding hydrogens is 671 g/mol. The van der Waals surface area contributed by atoms with E-state index in [0.717, 1.165) is 37.3 Å². The maximum absolute atomic E-state index is 2.49. The Labute approximate surface area is 314 Å². The van der Waals surface area contributed by atoms with Crippen molar-refractivity contribution in [3.63, 3.8) is 0 Å². The summed E-state index contributed by atoms with van der Waals surface area (Å²) >= 11 is 3.76. The van der Waals surface area contributed by atoms with E-state index in [2.05, 4.69) is 186 Å². The number of anilines is 3. The molecule has 52 heavy (non-hydrogen) atoms. The fourth-order valence-electron chi connectivity index (χ4n) is 7.85. The number of rotatable bonds is 8. The number of para-hydroxylation sites is 2. The van der Waals surface area contributed by atoms with Crippen molar-refractivity contribution in [2.45, 2.75) is 38.1 Å². The molecule has 0 saturated heterocycles. The Bertz CT molecular complexity index is 2540. The topological polar surface area (TPSA) is 10.4 Å². The van der Waals surface area contributed by atoms with Crippen molar-refractivity contribution in [3.8, 4) is 0 Å². The van der Waals surface area contributed by atoms with Gasteiger partial charge in [-0.15, -0.1) is 0 Å². The minimum atomic E-state index is 0.918. The number of benzene rings is 6. The first-order chi connectivity index (χ1) is 25.7. The van der Waals surface area contributed by atoms with Gasteiger partial charge in [-0.3, -0.25) is 0 Å². The van der Waals surface area contributed by atoms with E-state index >= 15 is 0 Å². The molecule has 0 saturated carbocycles. The summed E-state index contributed by atoms with van der Waals surface area (Å²) in [5.74, 6) is 0. The van der Waals surface area contributed by atoms with Crippen LogP contribution in [0.25, 0.3) is 37.8 Å². The minimum absolute atomic E-state index is 0.918. The Morgan fingerprint density at radius 1 is 0.673 bits per heavy atom. The van der Waals surface area contributed by atoms with E-state index in [0.29, 0.717) is 0 Å². The maximum atomic E-state index is 2.49. The van der Waals surface area contributed by atoms with E-state index in [-0.39, 0.29) is 0 Å². The molecule has 0 atom stereocenters. The van der Waals surface area contributed by atoms with E-state index in [1.54, 1.807) is 0 Å². The van der Waals surface area contributed by atoms with Crippen LogP contribution in [0.1, 0.15) is 31.7 Å². The van der Waals surface area contributed by atoms with Gasteiger partial charge in [0.2, 0.25) is 5.52 Å². The average Bonchev–Trinajstić information content (AvgIpc) is 3.90. The van der Waals surface area contributed by atoms with Gasteiger partial charge < -0.3 is 9.80 Å². The SMILES string of the molecule is CCN1/C(=C\C=C2/CCC(/C=C/c3sc4ccc5ccccc5c4[n+]3CC)=C2N(c2ccccc2)c2ccccc2)Sc2ccc3ccccc3c21. The lowest BCUT2D eigenvalue weighted by Gasteiger charge is -2.28. The molecule has 0 amide bonds. The van der Waals surface area contributed by atoms with Gasteiger partial charge in [0.15, 0.2) is 0 Å². The minimum Gasteiger partial charge on any atom is -0.335 e. The number of hydrogen-bond donors (Lipinski definition) is 0. The van der Waals surface area contributed by atoms with Crippen molar-refractivity contribution >= 4 is 78.0 Å². The van der Waals surface area contributed by atoms with Crippen molar-refractivity contribution < 1.29 is 4.57 Å². The molecule has 0 N–H and O–H groups in total. The fourth-order valence-corrected chi connectivity index (χ4v) is 10.1. The summed E-state index contributed by atoms with van der Waals surface area (Å²) in [6, 6.07) is 48.3. The zero-order valence-corrected chi connectivity index (χ0v) is 31.1. The lowest BCUT2D eigenvalue weighted by molar-refractivity contribution is -0.664. The molecule has 0 spiro atoms. The third-order valence-electron chi connectivity index (χ3n) is 10.2. The number of thioether (sulfide) groups is 1. The molecule has 1 aliphatic heterocycles. The first-order valence-electron chi connectivity index (χ1n) is 18.3. The van der Waals surface area contributed by atoms with Crippen LogP contribution >= 0.6 is 23.1 Å². The predicted molar refractivity (Wildman–Crippen MR) is 225 cm³/mol. The van der Waals surface area contributed by atoms with E-state index in [1.165, 1.54) is 69.2 Å². The molecule has 6 aromatic carbocycles. The standard InChI is InChI=1S/C47H40N3S2/c1-3-48-43(51-41-29-25-33-15-11-13-21-39(33)46(41)48)31-27-35-23-24-36(45(35)50(37-17-7-5-8-18-37)38-19-9-6-10-20-38)28-32-44-49(4-2)47-40-22-14-12-16-34(40)26-30-42(47)52-44/h5-22,25-32H,3-4,23-24H2,1-2H3/q+1. The molecule has 2 heterocycles. The summed E-state index contributed by atoms with van der Waals surface area (Å²) in [6.45, 7) is 6.35. The highest BCUT2D eigenvalue weighted by atomic mass is 32.2. The number of hydrogen-bond acceptors (Lipinski definition) is 4. The van der Waals surface area contributed by atoms with Gasteiger partial charge in [0, 0.05) is 34.3 Å². The molecule has 2 aliphatic rings. The molecule has 254 valence electrons. The van der Waals surface area contributed by atoms with Crippen molar-refractivity contribution in [1.82, 2.24) is 0 Å². The highest BCUT2D eigenvalue weighted by Crippen LogP contribution is 2.50. The number of aromatic nitrogens is 1. The van der Waals surface area contributed by atoms with E-state index < -0.39 is 0 Å². The molecule has 7 aromatic rings. The summed E-state index contributed by atoms with van der Waals surface area (Å²) in [5, 5.41) is 7.76. The van der Waals surface area contributed by atoms with E-state index in [4.69, 9.17) is 0 Å². The normalized spacial score (nSPS) is 16.1. The summed E-state index contributed by atoms with van der Waals surface area (Å²) in [5.41, 5.74) is 8.96. The second kappa shape index (κ2) is 14.0. The van der Waals surface area contributed by atoms with Gasteiger partial charge in [-0.25, -0.2) is 0 Å². The highest BCUT2D eigenvalue weighted by molar-refractivity contribution is 8.03. The van der Waals surface area contributed by atoms with Crippen LogP contribution < -0.4 is 14.4 Å². The van der Waals surface area contributed by atoms with Crippen LogP contribution in [-0.4, -0.2) is 6.54 Å². The third-order valence-corrected chi connectivity index (χ3v) is 12.5. The second-order valence-corrected chi connectivity index (χ2v) is 15.3. The van der Waals surface area contributed by atoms with E-state index in [9.17, 15) is 0 Å². The highest BCUT2D eigenvalue weighted by Gasteiger charge is 2.29. The quantitative estimate of drug-likeness (QED) is 0.145. The van der Waals surface area contributed by atoms with Gasteiger partial charge in [-0.05, 0) is 103 Å². The molecule has 0 fully saturated rings. The molecule has 5 heteroatoms. The Hall–Kier alpha value is -5.36. The van der Waals surface area contributed by atoms with Crippen LogP contribution in [0.2, 0.25) is 0 Å². The Kier molecular flexibility index (Phi) is 8.75. The summed E-state index contributed by atoms with van der Waals surface area (Å²) < 4.78 is 3.81. The Morgan fingerprint density at radius 2 is 1.33 bits per heavy atom. The lowest BCUT2D eigenvalue weighted by Crippen LogP contribution is -2.33. The van der Waals surface area contributed by atoms with Crippen molar-refractivity contribution in [2.75, 3.05) is 16.3 Å². The molecule has 0 radical (unpaired) electrons. The molecule has 1 aromatic heterocycles. The van der Waals surface area contributed by atoms with E-state index in [1.807, 2.05) is 23.1 Å². The van der Waals surface area contributed by atoms with Gasteiger partial charge in [-0.2, -0.15) is 4.57 Å². The molecule has 0 unspecified atom stereocenters. The van der Waals surface area contributed by atoms with Crippen LogP contribution in [0.3, 0.4) is 0 Å². The predicted octanol–water partition coefficient (Wildman–Crippen LogP) is 12.8. The number of nitrogens with zero attached hydrogens (tertiary/aromatic N) is 3. The van der Waals surface area contributed by atoms with Crippen molar-refractivity contribution in [2.24, 2.45) is 0 Å². The summed E-state index contributed by atoms with van der Waals surface area (Å²) in [6.07, 6.45) is 11.5. The summed E-state index contributed by atoms with van der Waals surface area (Å²) in [4.78, 5) is 6.27. The second-order valence-electron chi connectivity index (χ2n) is 13.2. The van der Waals surface area contributed by atoms with Crippen molar-refractivity contribution in [3.05, 3.63) is 179 Å². The van der Waals surface area contributed by atoms with Gasteiger partial charge in [0.1, 0.15) is 11.2 Å². The zero-order chi connectivity index (χ0) is 35.0. The fraction of sp³-hybridized carbons (Fsp3) is 0.128. The Balaban J connectivity index is 1.18. The molecular formula is C47H40N3S2+. The molecule has 0 bridgehead atoms. The van der Waals surface area contributed by atoms with Crippen LogP contribution in [0.15, 0.2) is 178 Å². The smallest absolute Gasteiger partial charge is 0.262 e.